The van der Waals surface area contributed by atoms with E-state index >= 15 is 0 Å². The molecule has 2 N–H and O–H groups in total. The van der Waals surface area contributed by atoms with E-state index in [2.05, 4.69) is 37.9 Å². The first-order chi connectivity index (χ1) is 9.88. The van der Waals surface area contributed by atoms with E-state index < -0.39 is 0 Å². The van der Waals surface area contributed by atoms with Gasteiger partial charge in [-0.1, -0.05) is 51.2 Å². The SMILES string of the molecule is CC(C)(C)c1cccc(OCc2cccnc2C(N)=S)c1. The van der Waals surface area contributed by atoms with Gasteiger partial charge in [0, 0.05) is 11.8 Å². The van der Waals surface area contributed by atoms with Gasteiger partial charge in [0.1, 0.15) is 23.0 Å². The molecule has 2 aromatic rings. The maximum atomic E-state index is 5.86. The van der Waals surface area contributed by atoms with E-state index in [1.807, 2.05) is 24.3 Å². The number of benzene rings is 1. The number of thiocarbonyl (C=S) groups is 1. The molecule has 0 amide bonds. The molecule has 0 spiro atoms. The van der Waals surface area contributed by atoms with Crippen LogP contribution < -0.4 is 10.5 Å². The van der Waals surface area contributed by atoms with Crippen molar-refractivity contribution in [3.8, 4) is 5.75 Å². The van der Waals surface area contributed by atoms with Crippen molar-refractivity contribution in [1.29, 1.82) is 0 Å². The lowest BCUT2D eigenvalue weighted by Crippen LogP contribution is -2.15. The second kappa shape index (κ2) is 6.22. The lowest BCUT2D eigenvalue weighted by molar-refractivity contribution is 0.304. The van der Waals surface area contributed by atoms with Gasteiger partial charge in [0.15, 0.2) is 0 Å². The predicted molar refractivity (Wildman–Crippen MR) is 89.6 cm³/mol. The Labute approximate surface area is 131 Å². The van der Waals surface area contributed by atoms with Crippen LogP contribution in [0.4, 0.5) is 0 Å². The molecule has 0 radical (unpaired) electrons. The van der Waals surface area contributed by atoms with Crippen LogP contribution in [0.1, 0.15) is 37.6 Å². The Morgan fingerprint density at radius 1 is 1.24 bits per heavy atom. The number of pyridine rings is 1. The monoisotopic (exact) mass is 300 g/mol. The van der Waals surface area contributed by atoms with Gasteiger partial charge < -0.3 is 10.5 Å². The number of ether oxygens (including phenoxy) is 1. The zero-order valence-corrected chi connectivity index (χ0v) is 13.4. The zero-order chi connectivity index (χ0) is 15.5. The summed E-state index contributed by atoms with van der Waals surface area (Å²) in [5, 5.41) is 0. The Bertz CT molecular complexity index is 647. The molecule has 1 aromatic carbocycles. The lowest BCUT2D eigenvalue weighted by Gasteiger charge is -2.20. The standard InChI is InChI=1S/C17H20N2OS/c1-17(2,3)13-7-4-8-14(10-13)20-11-12-6-5-9-19-15(12)16(18)21/h4-10H,11H2,1-3H3,(H2,18,21). The van der Waals surface area contributed by atoms with Gasteiger partial charge in [-0.05, 0) is 29.2 Å². The number of hydrogen-bond donors (Lipinski definition) is 1. The number of rotatable bonds is 4. The fraction of sp³-hybridized carbons (Fsp3) is 0.294. The van der Waals surface area contributed by atoms with Gasteiger partial charge in [-0.2, -0.15) is 0 Å². The molecule has 0 unspecified atom stereocenters. The summed E-state index contributed by atoms with van der Waals surface area (Å²) in [5.74, 6) is 0.833. The van der Waals surface area contributed by atoms with Gasteiger partial charge in [-0.15, -0.1) is 0 Å². The molecule has 0 atom stereocenters. The molecule has 0 saturated heterocycles. The molecule has 0 fully saturated rings. The summed E-state index contributed by atoms with van der Waals surface area (Å²) in [5.41, 5.74) is 8.53. The second-order valence-electron chi connectivity index (χ2n) is 5.94. The van der Waals surface area contributed by atoms with Gasteiger partial charge >= 0.3 is 0 Å². The Kier molecular flexibility index (Phi) is 4.58. The molecule has 0 aliphatic carbocycles. The van der Waals surface area contributed by atoms with E-state index in [0.29, 0.717) is 12.3 Å². The van der Waals surface area contributed by atoms with Crippen molar-refractivity contribution in [2.45, 2.75) is 32.8 Å². The fourth-order valence-electron chi connectivity index (χ4n) is 1.99. The van der Waals surface area contributed by atoms with Crippen LogP contribution in [0.2, 0.25) is 0 Å². The average molecular weight is 300 g/mol. The van der Waals surface area contributed by atoms with Crippen LogP contribution in [0.5, 0.6) is 5.75 Å². The maximum Gasteiger partial charge on any atom is 0.123 e. The van der Waals surface area contributed by atoms with E-state index in [-0.39, 0.29) is 10.4 Å². The largest absolute Gasteiger partial charge is 0.489 e. The molecule has 4 heteroatoms. The molecule has 21 heavy (non-hydrogen) atoms. The molecule has 0 bridgehead atoms. The van der Waals surface area contributed by atoms with Gasteiger partial charge in [0.2, 0.25) is 0 Å². The van der Waals surface area contributed by atoms with Crippen LogP contribution in [0.3, 0.4) is 0 Å². The third-order valence-electron chi connectivity index (χ3n) is 3.22. The van der Waals surface area contributed by atoms with Gasteiger partial charge in [0.25, 0.3) is 0 Å². The van der Waals surface area contributed by atoms with Crippen LogP contribution in [0.15, 0.2) is 42.6 Å². The Morgan fingerprint density at radius 2 is 2.00 bits per heavy atom. The molecular weight excluding hydrogens is 280 g/mol. The number of nitrogens with zero attached hydrogens (tertiary/aromatic N) is 1. The highest BCUT2D eigenvalue weighted by atomic mass is 32.1. The van der Waals surface area contributed by atoms with E-state index in [9.17, 15) is 0 Å². The van der Waals surface area contributed by atoms with Crippen molar-refractivity contribution in [3.63, 3.8) is 0 Å². The van der Waals surface area contributed by atoms with Crippen molar-refractivity contribution in [2.24, 2.45) is 5.73 Å². The summed E-state index contributed by atoms with van der Waals surface area (Å²) in [7, 11) is 0. The molecular formula is C17H20N2OS. The van der Waals surface area contributed by atoms with Gasteiger partial charge in [-0.25, -0.2) is 0 Å². The molecule has 1 heterocycles. The van der Waals surface area contributed by atoms with Crippen LogP contribution in [-0.4, -0.2) is 9.97 Å². The summed E-state index contributed by atoms with van der Waals surface area (Å²) in [6.07, 6.45) is 1.68. The van der Waals surface area contributed by atoms with Crippen molar-refractivity contribution in [1.82, 2.24) is 4.98 Å². The normalized spacial score (nSPS) is 11.2. The Hall–Kier alpha value is -1.94. The third kappa shape index (κ3) is 4.02. The van der Waals surface area contributed by atoms with E-state index in [0.717, 1.165) is 11.3 Å². The van der Waals surface area contributed by atoms with E-state index in [4.69, 9.17) is 22.7 Å². The summed E-state index contributed by atoms with van der Waals surface area (Å²) < 4.78 is 5.86. The second-order valence-corrected chi connectivity index (χ2v) is 6.38. The maximum absolute atomic E-state index is 5.86. The quantitative estimate of drug-likeness (QED) is 0.877. The van der Waals surface area contributed by atoms with Crippen molar-refractivity contribution in [3.05, 3.63) is 59.4 Å². The van der Waals surface area contributed by atoms with Crippen molar-refractivity contribution in [2.75, 3.05) is 0 Å². The minimum Gasteiger partial charge on any atom is -0.489 e. The Balaban J connectivity index is 2.16. The lowest BCUT2D eigenvalue weighted by atomic mass is 9.87. The minimum atomic E-state index is 0.0949. The fourth-order valence-corrected chi connectivity index (χ4v) is 2.17. The topological polar surface area (TPSA) is 48.1 Å². The highest BCUT2D eigenvalue weighted by Crippen LogP contribution is 2.26. The number of nitrogens with two attached hydrogens (primary N) is 1. The Morgan fingerprint density at radius 3 is 2.67 bits per heavy atom. The van der Waals surface area contributed by atoms with E-state index in [1.54, 1.807) is 6.20 Å². The van der Waals surface area contributed by atoms with Crippen molar-refractivity contribution < 1.29 is 4.74 Å². The predicted octanol–water partition coefficient (Wildman–Crippen LogP) is 3.59. The highest BCUT2D eigenvalue weighted by molar-refractivity contribution is 7.80. The molecule has 0 aliphatic heterocycles. The minimum absolute atomic E-state index is 0.0949. The molecule has 110 valence electrons. The third-order valence-corrected chi connectivity index (χ3v) is 3.41. The van der Waals surface area contributed by atoms with Crippen LogP contribution in [-0.2, 0) is 12.0 Å². The van der Waals surface area contributed by atoms with Crippen molar-refractivity contribution >= 4 is 17.2 Å². The zero-order valence-electron chi connectivity index (χ0n) is 12.6. The molecule has 2 rings (SSSR count). The smallest absolute Gasteiger partial charge is 0.123 e. The summed E-state index contributed by atoms with van der Waals surface area (Å²) in [6, 6.07) is 11.9. The van der Waals surface area contributed by atoms with Gasteiger partial charge in [-0.3, -0.25) is 4.98 Å². The van der Waals surface area contributed by atoms with Crippen LogP contribution >= 0.6 is 12.2 Å². The molecule has 3 nitrogen and oxygen atoms in total. The summed E-state index contributed by atoms with van der Waals surface area (Å²) in [6.45, 7) is 6.93. The molecule has 1 aromatic heterocycles. The summed E-state index contributed by atoms with van der Waals surface area (Å²) in [4.78, 5) is 4.49. The summed E-state index contributed by atoms with van der Waals surface area (Å²) >= 11 is 5.01. The number of hydrogen-bond acceptors (Lipinski definition) is 3. The first-order valence-electron chi connectivity index (χ1n) is 6.85. The first kappa shape index (κ1) is 15.4. The number of aromatic nitrogens is 1. The van der Waals surface area contributed by atoms with Crippen LogP contribution in [0, 0.1) is 0 Å². The molecule has 0 aliphatic rings. The van der Waals surface area contributed by atoms with E-state index in [1.165, 1.54) is 5.56 Å². The first-order valence-corrected chi connectivity index (χ1v) is 7.26. The molecule has 0 saturated carbocycles. The van der Waals surface area contributed by atoms with Gasteiger partial charge in [0.05, 0.1) is 0 Å². The van der Waals surface area contributed by atoms with Crippen LogP contribution in [0.25, 0.3) is 0 Å². The highest BCUT2D eigenvalue weighted by Gasteiger charge is 2.14. The average Bonchev–Trinajstić information content (AvgIpc) is 2.45.